The molecule has 1 aliphatic heterocycles. The standard InChI is InChI=1S/C23H25NO5/c1-4-28-20-8-6-5-7-19(20)24-14-18(13-21(24)25)23(27)29-16(3)22(26)17-11-9-15(2)10-12-17/h5-12,16,18H,4,13-14H2,1-3H3/t16-,18-/m0/s1. The van der Waals surface area contributed by atoms with Gasteiger partial charge in [0.05, 0.1) is 18.2 Å². The summed E-state index contributed by atoms with van der Waals surface area (Å²) in [5.74, 6) is -0.994. The molecule has 29 heavy (non-hydrogen) atoms. The topological polar surface area (TPSA) is 72.9 Å². The summed E-state index contributed by atoms with van der Waals surface area (Å²) in [6, 6.07) is 14.3. The van der Waals surface area contributed by atoms with Gasteiger partial charge in [0.25, 0.3) is 0 Å². The Hall–Kier alpha value is -3.15. The number of ether oxygens (including phenoxy) is 2. The zero-order valence-electron chi connectivity index (χ0n) is 16.9. The minimum Gasteiger partial charge on any atom is -0.492 e. The van der Waals surface area contributed by atoms with Gasteiger partial charge in [-0.25, -0.2) is 0 Å². The van der Waals surface area contributed by atoms with Crippen LogP contribution in [0.25, 0.3) is 0 Å². The maximum absolute atomic E-state index is 12.6. The highest BCUT2D eigenvalue weighted by Crippen LogP contribution is 2.33. The molecular weight excluding hydrogens is 370 g/mol. The lowest BCUT2D eigenvalue weighted by Gasteiger charge is -2.20. The molecule has 2 aromatic carbocycles. The second kappa shape index (κ2) is 8.90. The van der Waals surface area contributed by atoms with E-state index in [4.69, 9.17) is 9.47 Å². The number of carbonyl (C=O) groups is 3. The van der Waals surface area contributed by atoms with E-state index >= 15 is 0 Å². The highest BCUT2D eigenvalue weighted by Gasteiger charge is 2.38. The van der Waals surface area contributed by atoms with Crippen molar-refractivity contribution in [3.8, 4) is 5.75 Å². The molecule has 0 spiro atoms. The highest BCUT2D eigenvalue weighted by molar-refractivity contribution is 6.02. The SMILES string of the molecule is CCOc1ccccc1N1C[C@@H](C(=O)O[C@@H](C)C(=O)c2ccc(C)cc2)CC1=O. The van der Waals surface area contributed by atoms with Crippen molar-refractivity contribution in [2.24, 2.45) is 5.92 Å². The molecule has 0 bridgehead atoms. The molecule has 1 fully saturated rings. The quantitative estimate of drug-likeness (QED) is 0.529. The van der Waals surface area contributed by atoms with Crippen LogP contribution in [0.5, 0.6) is 5.75 Å². The molecule has 0 aromatic heterocycles. The number of ketones is 1. The Morgan fingerprint density at radius 1 is 1.14 bits per heavy atom. The van der Waals surface area contributed by atoms with E-state index in [0.29, 0.717) is 23.6 Å². The molecule has 6 nitrogen and oxygen atoms in total. The highest BCUT2D eigenvalue weighted by atomic mass is 16.5. The van der Waals surface area contributed by atoms with Crippen LogP contribution in [0.4, 0.5) is 5.69 Å². The van der Waals surface area contributed by atoms with Crippen molar-refractivity contribution < 1.29 is 23.9 Å². The molecule has 0 aliphatic carbocycles. The first-order chi connectivity index (χ1) is 13.9. The predicted molar refractivity (Wildman–Crippen MR) is 109 cm³/mol. The Balaban J connectivity index is 1.66. The van der Waals surface area contributed by atoms with Crippen molar-refractivity contribution in [2.75, 3.05) is 18.1 Å². The Morgan fingerprint density at radius 3 is 2.52 bits per heavy atom. The van der Waals surface area contributed by atoms with Crippen LogP contribution in [0.1, 0.15) is 36.2 Å². The van der Waals surface area contributed by atoms with Gasteiger partial charge in [-0.1, -0.05) is 42.0 Å². The van der Waals surface area contributed by atoms with Gasteiger partial charge in [-0.2, -0.15) is 0 Å². The van der Waals surface area contributed by atoms with Gasteiger partial charge < -0.3 is 14.4 Å². The largest absolute Gasteiger partial charge is 0.492 e. The zero-order valence-corrected chi connectivity index (χ0v) is 16.9. The van der Waals surface area contributed by atoms with Crippen molar-refractivity contribution in [3.05, 3.63) is 59.7 Å². The molecule has 0 unspecified atom stereocenters. The molecule has 2 aromatic rings. The summed E-state index contributed by atoms with van der Waals surface area (Å²) < 4.78 is 11.0. The Labute approximate surface area is 170 Å². The summed E-state index contributed by atoms with van der Waals surface area (Å²) in [6.07, 6.45) is -0.866. The molecule has 0 radical (unpaired) electrons. The van der Waals surface area contributed by atoms with Crippen LogP contribution < -0.4 is 9.64 Å². The number of Topliss-reactive ketones (excluding diaryl/α,β-unsaturated/α-hetero) is 1. The van der Waals surface area contributed by atoms with E-state index < -0.39 is 18.0 Å². The fraction of sp³-hybridized carbons (Fsp3) is 0.348. The Kier molecular flexibility index (Phi) is 6.32. The molecule has 2 atom stereocenters. The van der Waals surface area contributed by atoms with Gasteiger partial charge in [-0.05, 0) is 32.9 Å². The second-order valence-corrected chi connectivity index (χ2v) is 7.12. The lowest BCUT2D eigenvalue weighted by Crippen LogP contribution is -2.30. The molecule has 1 saturated heterocycles. The number of hydrogen-bond donors (Lipinski definition) is 0. The molecular formula is C23H25NO5. The molecule has 152 valence electrons. The number of esters is 1. The van der Waals surface area contributed by atoms with E-state index in [0.717, 1.165) is 5.56 Å². The third kappa shape index (κ3) is 4.65. The van der Waals surface area contributed by atoms with Crippen LogP contribution in [0.15, 0.2) is 48.5 Å². The number of rotatable bonds is 7. The summed E-state index contributed by atoms with van der Waals surface area (Å²) in [6.45, 7) is 6.04. The van der Waals surface area contributed by atoms with E-state index in [-0.39, 0.29) is 24.7 Å². The minimum absolute atomic E-state index is 0.0464. The molecule has 0 N–H and O–H groups in total. The smallest absolute Gasteiger partial charge is 0.312 e. The molecule has 1 amide bonds. The van der Waals surface area contributed by atoms with Crippen LogP contribution in [0, 0.1) is 12.8 Å². The van der Waals surface area contributed by atoms with Crippen LogP contribution >= 0.6 is 0 Å². The average Bonchev–Trinajstić information content (AvgIpc) is 3.10. The fourth-order valence-corrected chi connectivity index (χ4v) is 3.33. The summed E-state index contributed by atoms with van der Waals surface area (Å²) in [5.41, 5.74) is 2.17. The number of para-hydroxylation sites is 2. The van der Waals surface area contributed by atoms with Gasteiger partial charge in [-0.3, -0.25) is 14.4 Å². The van der Waals surface area contributed by atoms with Gasteiger partial charge in [0, 0.05) is 18.5 Å². The number of hydrogen-bond acceptors (Lipinski definition) is 5. The maximum Gasteiger partial charge on any atom is 0.312 e. The normalized spacial score (nSPS) is 17.1. The van der Waals surface area contributed by atoms with Crippen LogP contribution in [0.3, 0.4) is 0 Å². The maximum atomic E-state index is 12.6. The van der Waals surface area contributed by atoms with Crippen molar-refractivity contribution in [3.63, 3.8) is 0 Å². The molecule has 1 heterocycles. The van der Waals surface area contributed by atoms with Crippen molar-refractivity contribution in [2.45, 2.75) is 33.3 Å². The average molecular weight is 395 g/mol. The van der Waals surface area contributed by atoms with Crippen LogP contribution in [-0.2, 0) is 14.3 Å². The summed E-state index contributed by atoms with van der Waals surface area (Å²) >= 11 is 0. The van der Waals surface area contributed by atoms with E-state index in [1.54, 1.807) is 36.1 Å². The lowest BCUT2D eigenvalue weighted by atomic mass is 10.1. The lowest BCUT2D eigenvalue weighted by molar-refractivity contribution is -0.151. The number of benzene rings is 2. The van der Waals surface area contributed by atoms with Crippen LogP contribution in [-0.4, -0.2) is 36.9 Å². The van der Waals surface area contributed by atoms with E-state index in [1.807, 2.05) is 38.1 Å². The Bertz CT molecular complexity index is 906. The number of aryl methyl sites for hydroxylation is 1. The number of carbonyl (C=O) groups excluding carboxylic acids is 3. The second-order valence-electron chi connectivity index (χ2n) is 7.12. The Morgan fingerprint density at radius 2 is 1.83 bits per heavy atom. The van der Waals surface area contributed by atoms with Crippen LogP contribution in [0.2, 0.25) is 0 Å². The van der Waals surface area contributed by atoms with Gasteiger partial charge in [0.2, 0.25) is 11.7 Å². The van der Waals surface area contributed by atoms with Crippen molar-refractivity contribution in [1.29, 1.82) is 0 Å². The third-order valence-corrected chi connectivity index (χ3v) is 4.91. The number of anilines is 1. The minimum atomic E-state index is -0.912. The molecule has 0 saturated carbocycles. The van der Waals surface area contributed by atoms with E-state index in [2.05, 4.69) is 0 Å². The van der Waals surface area contributed by atoms with E-state index in [9.17, 15) is 14.4 Å². The van der Waals surface area contributed by atoms with Gasteiger partial charge >= 0.3 is 5.97 Å². The number of amides is 1. The molecule has 6 heteroatoms. The zero-order chi connectivity index (χ0) is 21.0. The number of nitrogens with zero attached hydrogens (tertiary/aromatic N) is 1. The summed E-state index contributed by atoms with van der Waals surface area (Å²) in [5, 5.41) is 0. The van der Waals surface area contributed by atoms with Crippen molar-refractivity contribution >= 4 is 23.3 Å². The first kappa shape index (κ1) is 20.6. The monoisotopic (exact) mass is 395 g/mol. The molecule has 3 rings (SSSR count). The van der Waals surface area contributed by atoms with Gasteiger partial charge in [0.15, 0.2) is 6.10 Å². The first-order valence-electron chi connectivity index (χ1n) is 9.74. The van der Waals surface area contributed by atoms with E-state index in [1.165, 1.54) is 0 Å². The van der Waals surface area contributed by atoms with Gasteiger partial charge in [-0.15, -0.1) is 0 Å². The first-order valence-corrected chi connectivity index (χ1v) is 9.74. The summed E-state index contributed by atoms with van der Waals surface area (Å²) in [4.78, 5) is 39.2. The van der Waals surface area contributed by atoms with Gasteiger partial charge in [0.1, 0.15) is 5.75 Å². The summed E-state index contributed by atoms with van der Waals surface area (Å²) in [7, 11) is 0. The molecule has 1 aliphatic rings. The third-order valence-electron chi connectivity index (χ3n) is 4.91. The predicted octanol–water partition coefficient (Wildman–Crippen LogP) is 3.56. The van der Waals surface area contributed by atoms with Crippen molar-refractivity contribution in [1.82, 2.24) is 0 Å². The fourth-order valence-electron chi connectivity index (χ4n) is 3.33.